The molecule has 1 aliphatic heterocycles. The molecule has 2 rings (SSSR count). The molecule has 1 aromatic carbocycles. The van der Waals surface area contributed by atoms with Gasteiger partial charge in [0.1, 0.15) is 0 Å². The van der Waals surface area contributed by atoms with Gasteiger partial charge in [0, 0.05) is 39.8 Å². The van der Waals surface area contributed by atoms with E-state index in [1.54, 1.807) is 7.11 Å². The van der Waals surface area contributed by atoms with Crippen LogP contribution in [0.25, 0.3) is 0 Å². The smallest absolute Gasteiger partial charge is 0.0790 e. The van der Waals surface area contributed by atoms with Gasteiger partial charge in [-0.05, 0) is 12.1 Å². The van der Waals surface area contributed by atoms with Gasteiger partial charge in [0.25, 0.3) is 0 Å². The molecule has 5 heteroatoms. The van der Waals surface area contributed by atoms with Crippen molar-refractivity contribution < 1.29 is 4.74 Å². The number of piperazine rings is 1. The first kappa shape index (κ1) is 13.5. The lowest BCUT2D eigenvalue weighted by Crippen LogP contribution is -2.47. The van der Waals surface area contributed by atoms with E-state index < -0.39 is 0 Å². The lowest BCUT2D eigenvalue weighted by molar-refractivity contribution is 0.144. The highest BCUT2D eigenvalue weighted by molar-refractivity contribution is 6.34. The average Bonchev–Trinajstić information content (AvgIpc) is 2.37. The average molecular weight is 270 g/mol. The maximum absolute atomic E-state index is 6.23. The summed E-state index contributed by atoms with van der Waals surface area (Å²) < 4.78 is 5.10. The number of hydrogen-bond acceptors (Lipinski definition) is 4. The SMILES string of the molecule is COCCN1CCN(c2c(N)cccc2Cl)CC1. The van der Waals surface area contributed by atoms with Gasteiger partial charge in [0.15, 0.2) is 0 Å². The van der Waals surface area contributed by atoms with Gasteiger partial charge in [-0.15, -0.1) is 0 Å². The van der Waals surface area contributed by atoms with Gasteiger partial charge < -0.3 is 15.4 Å². The van der Waals surface area contributed by atoms with Crippen molar-refractivity contribution >= 4 is 23.0 Å². The summed E-state index contributed by atoms with van der Waals surface area (Å²) in [5.41, 5.74) is 7.74. The monoisotopic (exact) mass is 269 g/mol. The predicted molar refractivity (Wildman–Crippen MR) is 76.4 cm³/mol. The first-order valence-corrected chi connectivity index (χ1v) is 6.60. The molecule has 4 nitrogen and oxygen atoms in total. The summed E-state index contributed by atoms with van der Waals surface area (Å²) in [6, 6.07) is 5.68. The number of rotatable bonds is 4. The minimum absolute atomic E-state index is 0.736. The predicted octanol–water partition coefficient (Wildman–Crippen LogP) is 1.69. The van der Waals surface area contributed by atoms with Crippen LogP contribution in [0.1, 0.15) is 0 Å². The largest absolute Gasteiger partial charge is 0.397 e. The molecule has 1 saturated heterocycles. The van der Waals surface area contributed by atoms with Crippen LogP contribution in [0.3, 0.4) is 0 Å². The maximum atomic E-state index is 6.23. The molecular formula is C13H20ClN3O. The number of para-hydroxylation sites is 1. The highest BCUT2D eigenvalue weighted by Gasteiger charge is 2.20. The molecule has 1 heterocycles. The van der Waals surface area contributed by atoms with Gasteiger partial charge in [0.05, 0.1) is 23.0 Å². The Bertz CT molecular complexity index is 372. The minimum atomic E-state index is 0.736. The molecule has 0 aliphatic carbocycles. The molecular weight excluding hydrogens is 250 g/mol. The highest BCUT2D eigenvalue weighted by Crippen LogP contribution is 2.32. The molecule has 1 fully saturated rings. The van der Waals surface area contributed by atoms with Gasteiger partial charge in [-0.25, -0.2) is 0 Å². The van der Waals surface area contributed by atoms with E-state index in [-0.39, 0.29) is 0 Å². The van der Waals surface area contributed by atoms with Crippen LogP contribution in [0.4, 0.5) is 11.4 Å². The van der Waals surface area contributed by atoms with Gasteiger partial charge >= 0.3 is 0 Å². The molecule has 0 unspecified atom stereocenters. The number of nitrogens with zero attached hydrogens (tertiary/aromatic N) is 2. The van der Waals surface area contributed by atoms with Crippen molar-refractivity contribution in [3.8, 4) is 0 Å². The van der Waals surface area contributed by atoms with E-state index in [0.717, 1.165) is 55.7 Å². The second-order valence-electron chi connectivity index (χ2n) is 4.50. The summed E-state index contributed by atoms with van der Waals surface area (Å²) >= 11 is 6.23. The molecule has 0 saturated carbocycles. The van der Waals surface area contributed by atoms with E-state index in [9.17, 15) is 0 Å². The molecule has 0 amide bonds. The maximum Gasteiger partial charge on any atom is 0.0790 e. The Balaban J connectivity index is 1.97. The van der Waals surface area contributed by atoms with Crippen LogP contribution >= 0.6 is 11.6 Å². The van der Waals surface area contributed by atoms with Crippen LogP contribution in [0, 0.1) is 0 Å². The number of hydrogen-bond donors (Lipinski definition) is 1. The zero-order valence-electron chi connectivity index (χ0n) is 10.7. The van der Waals surface area contributed by atoms with Crippen LogP contribution in [0.15, 0.2) is 18.2 Å². The first-order valence-electron chi connectivity index (χ1n) is 6.22. The fourth-order valence-electron chi connectivity index (χ4n) is 2.28. The Hall–Kier alpha value is -0.970. The summed E-state index contributed by atoms with van der Waals surface area (Å²) in [6.45, 7) is 5.73. The van der Waals surface area contributed by atoms with Crippen molar-refractivity contribution in [2.24, 2.45) is 0 Å². The van der Waals surface area contributed by atoms with Crippen LogP contribution in [-0.4, -0.2) is 51.3 Å². The van der Waals surface area contributed by atoms with E-state index in [0.29, 0.717) is 0 Å². The van der Waals surface area contributed by atoms with Crippen LogP contribution < -0.4 is 10.6 Å². The van der Waals surface area contributed by atoms with E-state index in [4.69, 9.17) is 22.1 Å². The van der Waals surface area contributed by atoms with Crippen LogP contribution in [0.5, 0.6) is 0 Å². The fourth-order valence-corrected chi connectivity index (χ4v) is 2.58. The molecule has 0 spiro atoms. The van der Waals surface area contributed by atoms with Gasteiger partial charge in [-0.2, -0.15) is 0 Å². The lowest BCUT2D eigenvalue weighted by atomic mass is 10.2. The summed E-state index contributed by atoms with van der Waals surface area (Å²) in [5.74, 6) is 0. The van der Waals surface area contributed by atoms with E-state index in [1.807, 2.05) is 18.2 Å². The molecule has 0 radical (unpaired) electrons. The number of halogens is 1. The molecule has 2 N–H and O–H groups in total. The van der Waals surface area contributed by atoms with E-state index in [1.165, 1.54) is 0 Å². The minimum Gasteiger partial charge on any atom is -0.397 e. The third-order valence-electron chi connectivity index (χ3n) is 3.32. The number of ether oxygens (including phenoxy) is 1. The highest BCUT2D eigenvalue weighted by atomic mass is 35.5. The Morgan fingerprint density at radius 2 is 2.00 bits per heavy atom. The quantitative estimate of drug-likeness (QED) is 0.845. The van der Waals surface area contributed by atoms with Crippen molar-refractivity contribution in [2.45, 2.75) is 0 Å². The van der Waals surface area contributed by atoms with Gasteiger partial charge in [-0.3, -0.25) is 4.90 Å². The van der Waals surface area contributed by atoms with Crippen LogP contribution in [-0.2, 0) is 4.74 Å². The molecule has 18 heavy (non-hydrogen) atoms. The third-order valence-corrected chi connectivity index (χ3v) is 3.62. The third kappa shape index (κ3) is 3.07. The molecule has 100 valence electrons. The number of nitrogens with two attached hydrogens (primary N) is 1. The normalized spacial score (nSPS) is 17.1. The number of anilines is 2. The summed E-state index contributed by atoms with van der Waals surface area (Å²) in [7, 11) is 1.74. The standard InChI is InChI=1S/C13H20ClN3O/c1-18-10-9-16-5-7-17(8-6-16)13-11(14)3-2-4-12(13)15/h2-4H,5-10,15H2,1H3. The molecule has 1 aliphatic rings. The second-order valence-corrected chi connectivity index (χ2v) is 4.91. The summed E-state index contributed by atoms with van der Waals surface area (Å²) in [4.78, 5) is 4.66. The van der Waals surface area contributed by atoms with Crippen molar-refractivity contribution in [1.29, 1.82) is 0 Å². The van der Waals surface area contributed by atoms with Crippen molar-refractivity contribution in [3.05, 3.63) is 23.2 Å². The first-order chi connectivity index (χ1) is 8.72. The van der Waals surface area contributed by atoms with Gasteiger partial charge in [0.2, 0.25) is 0 Å². The summed E-state index contributed by atoms with van der Waals surface area (Å²) in [6.07, 6.45) is 0. The summed E-state index contributed by atoms with van der Waals surface area (Å²) in [5, 5.41) is 0.736. The second kappa shape index (κ2) is 6.27. The zero-order valence-corrected chi connectivity index (χ0v) is 11.5. The van der Waals surface area contributed by atoms with E-state index >= 15 is 0 Å². The Kier molecular flexibility index (Phi) is 4.69. The topological polar surface area (TPSA) is 41.7 Å². The Morgan fingerprint density at radius 1 is 1.28 bits per heavy atom. The Morgan fingerprint density at radius 3 is 2.61 bits per heavy atom. The molecule has 1 aromatic rings. The number of nitrogen functional groups attached to an aromatic ring is 1. The Labute approximate surface area is 113 Å². The van der Waals surface area contributed by atoms with E-state index in [2.05, 4.69) is 9.80 Å². The number of methoxy groups -OCH3 is 1. The van der Waals surface area contributed by atoms with Gasteiger partial charge in [-0.1, -0.05) is 17.7 Å². The van der Waals surface area contributed by atoms with Crippen LogP contribution in [0.2, 0.25) is 5.02 Å². The van der Waals surface area contributed by atoms with Crippen molar-refractivity contribution in [2.75, 3.05) is 57.1 Å². The molecule has 0 aromatic heterocycles. The molecule has 0 bridgehead atoms. The van der Waals surface area contributed by atoms with Crippen molar-refractivity contribution in [3.63, 3.8) is 0 Å². The lowest BCUT2D eigenvalue weighted by Gasteiger charge is -2.36. The fraction of sp³-hybridized carbons (Fsp3) is 0.538. The van der Waals surface area contributed by atoms with Crippen molar-refractivity contribution in [1.82, 2.24) is 4.90 Å². The zero-order chi connectivity index (χ0) is 13.0. The number of benzene rings is 1. The molecule has 0 atom stereocenters.